The molecule has 2 rings (SSSR count). The van der Waals surface area contributed by atoms with E-state index in [9.17, 15) is 4.79 Å². The molecular formula is C19H30O3Si. The molecule has 0 N–H and O–H groups in total. The fourth-order valence-corrected chi connectivity index (χ4v) is 3.66. The second-order valence-corrected chi connectivity index (χ2v) is 12.9. The highest BCUT2D eigenvalue weighted by atomic mass is 28.4. The van der Waals surface area contributed by atoms with Crippen LogP contribution in [-0.4, -0.2) is 20.9 Å². The Bertz CT molecular complexity index is 572. The molecule has 23 heavy (non-hydrogen) atoms. The van der Waals surface area contributed by atoms with Gasteiger partial charge in [-0.25, -0.2) is 4.79 Å². The molecule has 0 fully saturated rings. The van der Waals surface area contributed by atoms with Crippen LogP contribution in [0.1, 0.15) is 67.6 Å². The van der Waals surface area contributed by atoms with Crippen LogP contribution in [0.2, 0.25) is 18.1 Å². The van der Waals surface area contributed by atoms with E-state index >= 15 is 0 Å². The minimum absolute atomic E-state index is 0.0778. The number of hydrogen-bond donors (Lipinski definition) is 0. The maximum absolute atomic E-state index is 11.9. The number of aryl methyl sites for hydroxylation is 1. The molecule has 1 aliphatic rings. The molecule has 1 aromatic carbocycles. The third kappa shape index (κ3) is 4.24. The van der Waals surface area contributed by atoms with Crippen LogP contribution in [0.15, 0.2) is 18.2 Å². The van der Waals surface area contributed by atoms with Crippen molar-refractivity contribution in [2.75, 3.05) is 6.61 Å². The van der Waals surface area contributed by atoms with Gasteiger partial charge in [0.1, 0.15) is 6.10 Å². The molecule has 0 spiro atoms. The summed E-state index contributed by atoms with van der Waals surface area (Å²) in [6.45, 7) is 14.1. The SMILES string of the molecule is Cc1ccc2c(c1)C(=O)OC2CCCCO[Si](C)(C)C(C)(C)C. The van der Waals surface area contributed by atoms with Crippen LogP contribution in [0.3, 0.4) is 0 Å². The Balaban J connectivity index is 1.80. The van der Waals surface area contributed by atoms with Crippen molar-refractivity contribution in [1.82, 2.24) is 0 Å². The van der Waals surface area contributed by atoms with E-state index in [0.29, 0.717) is 0 Å². The highest BCUT2D eigenvalue weighted by Crippen LogP contribution is 2.37. The molecule has 4 heteroatoms. The summed E-state index contributed by atoms with van der Waals surface area (Å²) in [6, 6.07) is 6.01. The number of carbonyl (C=O) groups is 1. The van der Waals surface area contributed by atoms with Gasteiger partial charge in [-0.1, -0.05) is 38.5 Å². The summed E-state index contributed by atoms with van der Waals surface area (Å²) in [5, 5.41) is 0.255. The van der Waals surface area contributed by atoms with Crippen LogP contribution in [-0.2, 0) is 9.16 Å². The van der Waals surface area contributed by atoms with E-state index in [4.69, 9.17) is 9.16 Å². The molecule has 128 valence electrons. The largest absolute Gasteiger partial charge is 0.454 e. The van der Waals surface area contributed by atoms with Crippen LogP contribution in [0, 0.1) is 6.92 Å². The van der Waals surface area contributed by atoms with Crippen molar-refractivity contribution < 1.29 is 14.0 Å². The molecule has 0 saturated carbocycles. The zero-order valence-electron chi connectivity index (χ0n) is 15.4. The quantitative estimate of drug-likeness (QED) is 0.397. The van der Waals surface area contributed by atoms with E-state index in [2.05, 4.69) is 33.9 Å². The lowest BCUT2D eigenvalue weighted by Crippen LogP contribution is -2.40. The van der Waals surface area contributed by atoms with E-state index in [1.54, 1.807) is 0 Å². The molecule has 0 aliphatic carbocycles. The number of carbonyl (C=O) groups excluding carboxylic acids is 1. The van der Waals surface area contributed by atoms with Crippen LogP contribution < -0.4 is 0 Å². The Morgan fingerprint density at radius 3 is 2.57 bits per heavy atom. The van der Waals surface area contributed by atoms with Gasteiger partial charge in [-0.15, -0.1) is 0 Å². The summed E-state index contributed by atoms with van der Waals surface area (Å²) in [5.74, 6) is -0.175. The average molecular weight is 335 g/mol. The van der Waals surface area contributed by atoms with Crippen molar-refractivity contribution in [3.05, 3.63) is 34.9 Å². The Hall–Kier alpha value is -1.13. The van der Waals surface area contributed by atoms with Gasteiger partial charge in [-0.05, 0) is 50.4 Å². The Morgan fingerprint density at radius 2 is 1.91 bits per heavy atom. The minimum atomic E-state index is -1.65. The van der Waals surface area contributed by atoms with Gasteiger partial charge in [-0.3, -0.25) is 0 Å². The fraction of sp³-hybridized carbons (Fsp3) is 0.632. The first-order chi connectivity index (χ1) is 10.6. The van der Waals surface area contributed by atoms with Gasteiger partial charge in [0.05, 0.1) is 5.56 Å². The van der Waals surface area contributed by atoms with Crippen molar-refractivity contribution in [2.24, 2.45) is 0 Å². The third-order valence-electron chi connectivity index (χ3n) is 5.15. The molecule has 3 nitrogen and oxygen atoms in total. The minimum Gasteiger partial charge on any atom is -0.454 e. The Morgan fingerprint density at radius 1 is 1.22 bits per heavy atom. The van der Waals surface area contributed by atoms with Gasteiger partial charge >= 0.3 is 5.97 Å². The zero-order chi connectivity index (χ0) is 17.3. The molecule has 0 bridgehead atoms. The van der Waals surface area contributed by atoms with Gasteiger partial charge < -0.3 is 9.16 Å². The van der Waals surface area contributed by atoms with Crippen molar-refractivity contribution in [3.63, 3.8) is 0 Å². The average Bonchev–Trinajstić information content (AvgIpc) is 2.73. The van der Waals surface area contributed by atoms with E-state index in [1.165, 1.54) is 0 Å². The van der Waals surface area contributed by atoms with Crippen molar-refractivity contribution in [2.45, 2.75) is 71.2 Å². The normalized spacial score (nSPS) is 18.0. The van der Waals surface area contributed by atoms with Crippen LogP contribution in [0.25, 0.3) is 0 Å². The summed E-state index contributed by atoms with van der Waals surface area (Å²) in [7, 11) is -1.65. The molecule has 1 unspecified atom stereocenters. The molecule has 1 aliphatic heterocycles. The number of unbranched alkanes of at least 4 members (excludes halogenated alkanes) is 1. The Kier molecular flexibility index (Phi) is 5.36. The number of esters is 1. The van der Waals surface area contributed by atoms with Crippen molar-refractivity contribution in [1.29, 1.82) is 0 Å². The van der Waals surface area contributed by atoms with E-state index in [-0.39, 0.29) is 17.1 Å². The molecule has 0 aromatic heterocycles. The molecule has 0 saturated heterocycles. The van der Waals surface area contributed by atoms with Gasteiger partial charge in [0.25, 0.3) is 0 Å². The van der Waals surface area contributed by atoms with Gasteiger partial charge in [0.15, 0.2) is 8.32 Å². The van der Waals surface area contributed by atoms with Crippen LogP contribution >= 0.6 is 0 Å². The number of rotatable bonds is 6. The predicted octanol–water partition coefficient (Wildman–Crippen LogP) is 5.40. The molecule has 1 aromatic rings. The number of fused-ring (bicyclic) bond motifs is 1. The van der Waals surface area contributed by atoms with Gasteiger partial charge in [0.2, 0.25) is 0 Å². The van der Waals surface area contributed by atoms with E-state index in [1.807, 2.05) is 25.1 Å². The second-order valence-electron chi connectivity index (χ2n) is 8.09. The molecule has 0 amide bonds. The maximum atomic E-state index is 11.9. The lowest BCUT2D eigenvalue weighted by Gasteiger charge is -2.36. The molecule has 0 radical (unpaired) electrons. The third-order valence-corrected chi connectivity index (χ3v) is 9.69. The summed E-state index contributed by atoms with van der Waals surface area (Å²) >= 11 is 0. The number of hydrogen-bond acceptors (Lipinski definition) is 3. The topological polar surface area (TPSA) is 35.5 Å². The zero-order valence-corrected chi connectivity index (χ0v) is 16.4. The highest BCUT2D eigenvalue weighted by Gasteiger charge is 2.37. The standard InChI is InChI=1S/C19H30O3Si/c1-14-10-11-15-16(13-14)18(20)22-17(15)9-7-8-12-21-23(5,6)19(2,3)4/h10-11,13,17H,7-9,12H2,1-6H3. The summed E-state index contributed by atoms with van der Waals surface area (Å²) < 4.78 is 11.7. The number of benzene rings is 1. The highest BCUT2D eigenvalue weighted by molar-refractivity contribution is 6.74. The monoisotopic (exact) mass is 334 g/mol. The maximum Gasteiger partial charge on any atom is 0.339 e. The van der Waals surface area contributed by atoms with E-state index < -0.39 is 8.32 Å². The predicted molar refractivity (Wildman–Crippen MR) is 96.3 cm³/mol. The number of cyclic esters (lactones) is 1. The lowest BCUT2D eigenvalue weighted by atomic mass is 9.99. The van der Waals surface area contributed by atoms with Crippen molar-refractivity contribution >= 4 is 14.3 Å². The first kappa shape index (κ1) is 18.2. The second kappa shape index (κ2) is 6.77. The van der Waals surface area contributed by atoms with Crippen LogP contribution in [0.5, 0.6) is 0 Å². The van der Waals surface area contributed by atoms with Crippen LogP contribution in [0.4, 0.5) is 0 Å². The first-order valence-corrected chi connectivity index (χ1v) is 11.5. The first-order valence-electron chi connectivity index (χ1n) is 8.57. The molecule has 1 atom stereocenters. The number of ether oxygens (including phenoxy) is 1. The van der Waals surface area contributed by atoms with Gasteiger partial charge in [0, 0.05) is 12.2 Å². The molecular weight excluding hydrogens is 304 g/mol. The summed E-state index contributed by atoms with van der Waals surface area (Å²) in [5.41, 5.74) is 2.89. The van der Waals surface area contributed by atoms with Crippen molar-refractivity contribution in [3.8, 4) is 0 Å². The molecule has 1 heterocycles. The lowest BCUT2D eigenvalue weighted by molar-refractivity contribution is 0.0361. The summed E-state index contributed by atoms with van der Waals surface area (Å²) in [4.78, 5) is 11.9. The summed E-state index contributed by atoms with van der Waals surface area (Å²) in [6.07, 6.45) is 2.83. The van der Waals surface area contributed by atoms with E-state index in [0.717, 1.165) is 42.6 Å². The fourth-order valence-electron chi connectivity index (χ4n) is 2.57. The van der Waals surface area contributed by atoms with Gasteiger partial charge in [-0.2, -0.15) is 0 Å². The smallest absolute Gasteiger partial charge is 0.339 e. The Labute approximate surface area is 141 Å².